The van der Waals surface area contributed by atoms with Crippen molar-refractivity contribution in [1.29, 1.82) is 0 Å². The fraction of sp³-hybridized carbons (Fsp3) is 0.312. The van der Waals surface area contributed by atoms with Gasteiger partial charge in [0.1, 0.15) is 11.7 Å². The maximum atomic E-state index is 12.7. The van der Waals surface area contributed by atoms with Gasteiger partial charge in [0, 0.05) is 15.6 Å². The van der Waals surface area contributed by atoms with Gasteiger partial charge in [0.25, 0.3) is 5.56 Å². The van der Waals surface area contributed by atoms with E-state index in [1.807, 2.05) is 20.8 Å². The molecule has 0 aliphatic heterocycles. The van der Waals surface area contributed by atoms with Crippen molar-refractivity contribution in [3.05, 3.63) is 56.7 Å². The van der Waals surface area contributed by atoms with Crippen LogP contribution in [-0.4, -0.2) is 19.3 Å². The van der Waals surface area contributed by atoms with Crippen LogP contribution < -0.4 is 5.56 Å². The molecule has 2 heterocycles. The minimum Gasteiger partial charge on any atom is -0.294 e. The normalized spacial score (nSPS) is 12.0. The Balaban J connectivity index is 2.11. The van der Waals surface area contributed by atoms with Crippen LogP contribution in [0, 0.1) is 0 Å². The quantitative estimate of drug-likeness (QED) is 0.707. The highest BCUT2D eigenvalue weighted by Crippen LogP contribution is 2.25. The van der Waals surface area contributed by atoms with Crippen LogP contribution in [0.25, 0.3) is 11.0 Å². The molecule has 0 unspecified atom stereocenters. The highest BCUT2D eigenvalue weighted by Gasteiger charge is 2.20. The van der Waals surface area contributed by atoms with Crippen molar-refractivity contribution < 1.29 is 0 Å². The Morgan fingerprint density at radius 1 is 1.17 bits per heavy atom. The van der Waals surface area contributed by atoms with Gasteiger partial charge in [-0.1, -0.05) is 29.3 Å². The lowest BCUT2D eigenvalue weighted by atomic mass is 10.1. The van der Waals surface area contributed by atoms with E-state index in [0.29, 0.717) is 26.6 Å². The molecule has 0 saturated heterocycles. The van der Waals surface area contributed by atoms with Crippen LogP contribution in [0.3, 0.4) is 0 Å². The minimum atomic E-state index is -0.251. The lowest BCUT2D eigenvalue weighted by Crippen LogP contribution is -2.25. The molecule has 1 aromatic carbocycles. The average Bonchev–Trinajstić information content (AvgIpc) is 2.90. The molecule has 0 N–H and O–H groups in total. The highest BCUT2D eigenvalue weighted by molar-refractivity contribution is 6.35. The summed E-state index contributed by atoms with van der Waals surface area (Å²) in [7, 11) is 0. The fourth-order valence-electron chi connectivity index (χ4n) is 2.41. The molecule has 3 aromatic rings. The molecule has 0 fully saturated rings. The molecular weight excluding hydrogens is 335 g/mol. The summed E-state index contributed by atoms with van der Waals surface area (Å²) < 4.78 is 3.24. The molecule has 0 radical (unpaired) electrons. The summed E-state index contributed by atoms with van der Waals surface area (Å²) in [5, 5.41) is 5.82. The van der Waals surface area contributed by atoms with Crippen LogP contribution in [0.15, 0.2) is 35.5 Å². The maximum absolute atomic E-state index is 12.7. The number of nitrogens with zero attached hydrogens (tertiary/aromatic N) is 4. The first-order valence-corrected chi connectivity index (χ1v) is 7.91. The molecule has 120 valence electrons. The molecule has 0 atom stereocenters. The SMILES string of the molecule is CC(C)(C)n1ncc2c(=O)n(Cc3c(Cl)cccc3Cl)cnc21. The Morgan fingerprint density at radius 3 is 2.43 bits per heavy atom. The van der Waals surface area contributed by atoms with Crippen molar-refractivity contribution in [2.45, 2.75) is 32.9 Å². The lowest BCUT2D eigenvalue weighted by Gasteiger charge is -2.19. The van der Waals surface area contributed by atoms with Crippen molar-refractivity contribution in [1.82, 2.24) is 19.3 Å². The molecule has 0 spiro atoms. The molecule has 3 rings (SSSR count). The van der Waals surface area contributed by atoms with Gasteiger partial charge in [-0.25, -0.2) is 9.67 Å². The molecule has 23 heavy (non-hydrogen) atoms. The van der Waals surface area contributed by atoms with Gasteiger partial charge in [0.2, 0.25) is 0 Å². The fourth-order valence-corrected chi connectivity index (χ4v) is 2.92. The van der Waals surface area contributed by atoms with Crippen LogP contribution in [0.1, 0.15) is 26.3 Å². The number of rotatable bonds is 2. The van der Waals surface area contributed by atoms with E-state index in [4.69, 9.17) is 23.2 Å². The van der Waals surface area contributed by atoms with E-state index >= 15 is 0 Å². The van der Waals surface area contributed by atoms with E-state index in [1.165, 1.54) is 10.9 Å². The number of fused-ring (bicyclic) bond motifs is 1. The van der Waals surface area contributed by atoms with Gasteiger partial charge in [-0.2, -0.15) is 5.10 Å². The van der Waals surface area contributed by atoms with Crippen molar-refractivity contribution in [2.24, 2.45) is 0 Å². The van der Waals surface area contributed by atoms with Crippen molar-refractivity contribution in [2.75, 3.05) is 0 Å². The Hall–Kier alpha value is -1.85. The first-order chi connectivity index (χ1) is 10.8. The molecule has 0 amide bonds. The van der Waals surface area contributed by atoms with Gasteiger partial charge in [0.15, 0.2) is 5.65 Å². The second-order valence-electron chi connectivity index (χ2n) is 6.34. The number of aromatic nitrogens is 4. The Labute approximate surface area is 143 Å². The summed E-state index contributed by atoms with van der Waals surface area (Å²) in [6.07, 6.45) is 3.06. The van der Waals surface area contributed by atoms with Crippen LogP contribution in [0.2, 0.25) is 10.0 Å². The Bertz CT molecular complexity index is 917. The van der Waals surface area contributed by atoms with Gasteiger partial charge < -0.3 is 0 Å². The van der Waals surface area contributed by atoms with Crippen molar-refractivity contribution >= 4 is 34.2 Å². The predicted octanol–water partition coefficient (Wildman–Crippen LogP) is 3.70. The van der Waals surface area contributed by atoms with E-state index in [0.717, 1.165) is 0 Å². The number of hydrogen-bond donors (Lipinski definition) is 0. The third-order valence-corrected chi connectivity index (χ3v) is 4.29. The minimum absolute atomic E-state index is 0.165. The first kappa shape index (κ1) is 16.0. The van der Waals surface area contributed by atoms with Gasteiger partial charge in [-0.15, -0.1) is 0 Å². The molecule has 7 heteroatoms. The van der Waals surface area contributed by atoms with E-state index in [1.54, 1.807) is 29.1 Å². The summed E-state index contributed by atoms with van der Waals surface area (Å²) >= 11 is 12.4. The molecule has 0 bridgehead atoms. The Morgan fingerprint density at radius 2 is 1.83 bits per heavy atom. The van der Waals surface area contributed by atoms with Crippen LogP contribution >= 0.6 is 23.2 Å². The molecule has 0 aliphatic rings. The van der Waals surface area contributed by atoms with Gasteiger partial charge in [0.05, 0.1) is 18.3 Å². The van der Waals surface area contributed by atoms with Gasteiger partial charge >= 0.3 is 0 Å². The molecule has 2 aromatic heterocycles. The molecule has 0 aliphatic carbocycles. The summed E-state index contributed by atoms with van der Waals surface area (Å²) in [6.45, 7) is 6.30. The summed E-state index contributed by atoms with van der Waals surface area (Å²) in [4.78, 5) is 17.1. The average molecular weight is 351 g/mol. The molecular formula is C16H16Cl2N4O. The van der Waals surface area contributed by atoms with Crippen molar-refractivity contribution in [3.63, 3.8) is 0 Å². The largest absolute Gasteiger partial charge is 0.294 e. The Kier molecular flexibility index (Phi) is 3.94. The smallest absolute Gasteiger partial charge is 0.264 e. The van der Waals surface area contributed by atoms with E-state index in [2.05, 4.69) is 10.1 Å². The first-order valence-electron chi connectivity index (χ1n) is 7.15. The third kappa shape index (κ3) is 2.86. The monoisotopic (exact) mass is 350 g/mol. The topological polar surface area (TPSA) is 52.7 Å². The maximum Gasteiger partial charge on any atom is 0.264 e. The second kappa shape index (κ2) is 5.65. The number of halogens is 2. The third-order valence-electron chi connectivity index (χ3n) is 3.58. The molecule has 0 saturated carbocycles. The summed E-state index contributed by atoms with van der Waals surface area (Å²) in [5.41, 5.74) is 0.854. The zero-order valence-corrected chi connectivity index (χ0v) is 14.6. The zero-order valence-electron chi connectivity index (χ0n) is 13.0. The molecule has 5 nitrogen and oxygen atoms in total. The van der Waals surface area contributed by atoms with Gasteiger partial charge in [-0.3, -0.25) is 9.36 Å². The van der Waals surface area contributed by atoms with Crippen LogP contribution in [0.4, 0.5) is 0 Å². The van der Waals surface area contributed by atoms with Crippen molar-refractivity contribution in [3.8, 4) is 0 Å². The summed E-state index contributed by atoms with van der Waals surface area (Å²) in [6, 6.07) is 5.26. The van der Waals surface area contributed by atoms with Crippen LogP contribution in [0.5, 0.6) is 0 Å². The van der Waals surface area contributed by atoms with Crippen LogP contribution in [-0.2, 0) is 12.1 Å². The van der Waals surface area contributed by atoms with E-state index < -0.39 is 0 Å². The highest BCUT2D eigenvalue weighted by atomic mass is 35.5. The predicted molar refractivity (Wildman–Crippen MR) is 92.3 cm³/mol. The van der Waals surface area contributed by atoms with Gasteiger partial charge in [-0.05, 0) is 32.9 Å². The van der Waals surface area contributed by atoms with E-state index in [9.17, 15) is 4.79 Å². The number of benzene rings is 1. The second-order valence-corrected chi connectivity index (χ2v) is 7.16. The lowest BCUT2D eigenvalue weighted by molar-refractivity contribution is 0.365. The number of hydrogen-bond acceptors (Lipinski definition) is 3. The zero-order chi connectivity index (χ0) is 16.8. The standard InChI is InChI=1S/C16H16Cl2N4O/c1-16(2,3)22-14-10(7-20-22)15(23)21(9-19-14)8-11-12(17)5-4-6-13(11)18/h4-7,9H,8H2,1-3H3. The van der Waals surface area contributed by atoms with E-state index in [-0.39, 0.29) is 17.6 Å². The summed E-state index contributed by atoms with van der Waals surface area (Å²) in [5.74, 6) is 0.